The van der Waals surface area contributed by atoms with E-state index in [1.807, 2.05) is 6.92 Å². The summed E-state index contributed by atoms with van der Waals surface area (Å²) in [5, 5.41) is 5.98. The molecule has 4 fully saturated rings. The molecular formula is C22H30N2O3. The Hall–Kier alpha value is -2.04. The number of hydrogen-bond donors (Lipinski definition) is 2. The van der Waals surface area contributed by atoms with Crippen LogP contribution in [0.4, 0.5) is 0 Å². The van der Waals surface area contributed by atoms with Crippen molar-refractivity contribution in [1.29, 1.82) is 0 Å². The second kappa shape index (κ2) is 7.53. The van der Waals surface area contributed by atoms with E-state index in [0.29, 0.717) is 25.3 Å². The van der Waals surface area contributed by atoms with E-state index in [1.165, 1.54) is 19.3 Å². The predicted octanol–water partition coefficient (Wildman–Crippen LogP) is 3.15. The first kappa shape index (κ1) is 18.3. The molecule has 0 spiro atoms. The third kappa shape index (κ3) is 3.83. The Morgan fingerprint density at radius 1 is 0.963 bits per heavy atom. The normalized spacial score (nSPS) is 30.8. The van der Waals surface area contributed by atoms with Gasteiger partial charge in [0.25, 0.3) is 5.91 Å². The van der Waals surface area contributed by atoms with Crippen LogP contribution in [-0.4, -0.2) is 31.5 Å². The number of rotatable bonds is 7. The fourth-order valence-electron chi connectivity index (χ4n) is 5.90. The quantitative estimate of drug-likeness (QED) is 0.725. The molecule has 27 heavy (non-hydrogen) atoms. The lowest BCUT2D eigenvalue weighted by Crippen LogP contribution is -2.54. The number of carbonyl (C=O) groups is 2. The first-order valence-electron chi connectivity index (χ1n) is 10.4. The fourth-order valence-corrected chi connectivity index (χ4v) is 5.90. The Morgan fingerprint density at radius 3 is 2.07 bits per heavy atom. The second-order valence-electron chi connectivity index (χ2n) is 8.67. The summed E-state index contributed by atoms with van der Waals surface area (Å²) in [5.74, 6) is 3.15. The van der Waals surface area contributed by atoms with E-state index in [1.54, 1.807) is 24.3 Å². The maximum Gasteiger partial charge on any atom is 0.251 e. The average molecular weight is 370 g/mol. The molecule has 1 aromatic carbocycles. The summed E-state index contributed by atoms with van der Waals surface area (Å²) in [6.45, 7) is 3.47. The lowest BCUT2D eigenvalue weighted by Gasteiger charge is -2.55. The first-order chi connectivity index (χ1) is 13.1. The Bertz CT molecular complexity index is 663. The van der Waals surface area contributed by atoms with Gasteiger partial charge in [0.05, 0.1) is 6.61 Å². The van der Waals surface area contributed by atoms with Crippen LogP contribution in [0.5, 0.6) is 5.75 Å². The van der Waals surface area contributed by atoms with E-state index in [4.69, 9.17) is 4.74 Å². The topological polar surface area (TPSA) is 67.4 Å². The third-order valence-corrected chi connectivity index (χ3v) is 6.64. The monoisotopic (exact) mass is 370 g/mol. The summed E-state index contributed by atoms with van der Waals surface area (Å²) in [5.41, 5.74) is 0.485. The Kier molecular flexibility index (Phi) is 5.11. The molecule has 4 aliphatic rings. The van der Waals surface area contributed by atoms with Gasteiger partial charge < -0.3 is 15.4 Å². The molecule has 4 saturated carbocycles. The van der Waals surface area contributed by atoms with Crippen LogP contribution in [-0.2, 0) is 4.79 Å². The van der Waals surface area contributed by atoms with Gasteiger partial charge in [0, 0.05) is 24.1 Å². The summed E-state index contributed by atoms with van der Waals surface area (Å²) in [6, 6.07) is 7.11. The molecular weight excluding hydrogens is 340 g/mol. The van der Waals surface area contributed by atoms with E-state index in [0.717, 1.165) is 42.8 Å². The van der Waals surface area contributed by atoms with Crippen LogP contribution in [0.3, 0.4) is 0 Å². The third-order valence-electron chi connectivity index (χ3n) is 6.64. The smallest absolute Gasteiger partial charge is 0.251 e. The number of benzene rings is 1. The second-order valence-corrected chi connectivity index (χ2v) is 8.67. The van der Waals surface area contributed by atoms with E-state index >= 15 is 0 Å². The number of ether oxygens (including phenoxy) is 1. The highest BCUT2D eigenvalue weighted by Gasteiger charge is 2.54. The highest BCUT2D eigenvalue weighted by molar-refractivity contribution is 5.94. The van der Waals surface area contributed by atoms with Crippen molar-refractivity contribution in [2.45, 2.75) is 45.4 Å². The van der Waals surface area contributed by atoms with Crippen LogP contribution in [0.15, 0.2) is 24.3 Å². The number of carbonyl (C=O) groups excluding carboxylic acids is 2. The molecule has 0 radical (unpaired) electrons. The molecule has 0 atom stereocenters. The predicted molar refractivity (Wildman–Crippen MR) is 104 cm³/mol. The van der Waals surface area contributed by atoms with Crippen LogP contribution in [0, 0.1) is 23.2 Å². The van der Waals surface area contributed by atoms with Gasteiger partial charge in [-0.05, 0) is 87.5 Å². The summed E-state index contributed by atoms with van der Waals surface area (Å²) >= 11 is 0. The van der Waals surface area contributed by atoms with Gasteiger partial charge in [-0.25, -0.2) is 0 Å². The van der Waals surface area contributed by atoms with E-state index in [2.05, 4.69) is 10.6 Å². The molecule has 0 aliphatic heterocycles. The molecule has 5 nitrogen and oxygen atoms in total. The largest absolute Gasteiger partial charge is 0.494 e. The molecule has 146 valence electrons. The van der Waals surface area contributed by atoms with Crippen molar-refractivity contribution in [2.75, 3.05) is 19.7 Å². The van der Waals surface area contributed by atoms with Crippen LogP contribution in [0.1, 0.15) is 55.8 Å². The van der Waals surface area contributed by atoms with Gasteiger partial charge in [-0.3, -0.25) is 9.59 Å². The van der Waals surface area contributed by atoms with Crippen LogP contribution >= 0.6 is 0 Å². The molecule has 1 aromatic rings. The summed E-state index contributed by atoms with van der Waals surface area (Å²) < 4.78 is 5.39. The van der Waals surface area contributed by atoms with Crippen molar-refractivity contribution >= 4 is 11.8 Å². The van der Waals surface area contributed by atoms with Crippen LogP contribution < -0.4 is 15.4 Å². The molecule has 5 heteroatoms. The number of hydrogen-bond acceptors (Lipinski definition) is 3. The van der Waals surface area contributed by atoms with Crippen molar-refractivity contribution in [3.8, 4) is 5.75 Å². The minimum Gasteiger partial charge on any atom is -0.494 e. The molecule has 4 bridgehead atoms. The summed E-state index contributed by atoms with van der Waals surface area (Å²) in [7, 11) is 0. The van der Waals surface area contributed by atoms with Gasteiger partial charge in [-0.15, -0.1) is 0 Å². The van der Waals surface area contributed by atoms with Crippen LogP contribution in [0.2, 0.25) is 0 Å². The molecule has 0 heterocycles. The Labute approximate surface area is 161 Å². The molecule has 2 N–H and O–H groups in total. The first-order valence-corrected chi connectivity index (χ1v) is 10.4. The van der Waals surface area contributed by atoms with Crippen molar-refractivity contribution in [1.82, 2.24) is 10.6 Å². The Balaban J connectivity index is 1.23. The lowest BCUT2D eigenvalue weighted by molar-refractivity contribution is -0.146. The summed E-state index contributed by atoms with van der Waals surface area (Å²) in [4.78, 5) is 25.1. The van der Waals surface area contributed by atoms with E-state index < -0.39 is 0 Å². The highest BCUT2D eigenvalue weighted by Crippen LogP contribution is 2.60. The fraction of sp³-hybridized carbons (Fsp3) is 0.636. The number of nitrogens with one attached hydrogen (secondary N) is 2. The van der Waals surface area contributed by atoms with Gasteiger partial charge in [0.15, 0.2) is 0 Å². The molecule has 0 unspecified atom stereocenters. The zero-order valence-corrected chi connectivity index (χ0v) is 16.1. The molecule has 0 aromatic heterocycles. The SMILES string of the molecule is CCOc1ccc(C(=O)NCCNC(=O)C23CC4CC(CC(C4)C2)C3)cc1. The van der Waals surface area contributed by atoms with Crippen LogP contribution in [0.25, 0.3) is 0 Å². The van der Waals surface area contributed by atoms with Crippen molar-refractivity contribution in [3.05, 3.63) is 29.8 Å². The zero-order valence-electron chi connectivity index (χ0n) is 16.1. The van der Waals surface area contributed by atoms with E-state index in [-0.39, 0.29) is 17.2 Å². The lowest BCUT2D eigenvalue weighted by atomic mass is 9.49. The standard InChI is InChI=1S/C22H30N2O3/c1-2-27-19-5-3-18(4-6-19)20(25)23-7-8-24-21(26)22-12-15-9-16(13-22)11-17(10-15)14-22/h3-6,15-17H,2,7-14H2,1H3,(H,23,25)(H,24,26). The number of amides is 2. The summed E-state index contributed by atoms with van der Waals surface area (Å²) in [6.07, 6.45) is 7.23. The minimum atomic E-state index is -0.123. The minimum absolute atomic E-state index is 0.117. The van der Waals surface area contributed by atoms with Crippen molar-refractivity contribution in [3.63, 3.8) is 0 Å². The van der Waals surface area contributed by atoms with E-state index in [9.17, 15) is 9.59 Å². The molecule has 4 aliphatic carbocycles. The zero-order chi connectivity index (χ0) is 18.9. The molecule has 0 saturated heterocycles. The maximum atomic E-state index is 12.9. The van der Waals surface area contributed by atoms with Gasteiger partial charge >= 0.3 is 0 Å². The molecule has 2 amide bonds. The van der Waals surface area contributed by atoms with Crippen molar-refractivity contribution < 1.29 is 14.3 Å². The average Bonchev–Trinajstić information content (AvgIpc) is 2.64. The maximum absolute atomic E-state index is 12.9. The van der Waals surface area contributed by atoms with Gasteiger partial charge in [-0.2, -0.15) is 0 Å². The van der Waals surface area contributed by atoms with Crippen molar-refractivity contribution in [2.24, 2.45) is 23.2 Å². The highest BCUT2D eigenvalue weighted by atomic mass is 16.5. The molecule has 5 rings (SSSR count). The van der Waals surface area contributed by atoms with Gasteiger partial charge in [-0.1, -0.05) is 0 Å². The van der Waals surface area contributed by atoms with Gasteiger partial charge in [0.1, 0.15) is 5.75 Å². The van der Waals surface area contributed by atoms with Gasteiger partial charge in [0.2, 0.25) is 5.91 Å². The Morgan fingerprint density at radius 2 is 1.52 bits per heavy atom.